The number of hydrogen-bond donors (Lipinski definition) is 2. The average Bonchev–Trinajstić information content (AvgIpc) is 2.19. The van der Waals surface area contributed by atoms with E-state index >= 15 is 0 Å². The van der Waals surface area contributed by atoms with Gasteiger partial charge in [-0.25, -0.2) is 0 Å². The summed E-state index contributed by atoms with van der Waals surface area (Å²) in [4.78, 5) is 11.4. The maximum Gasteiger partial charge on any atom is 0.236 e. The maximum atomic E-state index is 11.4. The summed E-state index contributed by atoms with van der Waals surface area (Å²) in [5.74, 6) is 0.634. The predicted molar refractivity (Wildman–Crippen MR) is 57.8 cm³/mol. The van der Waals surface area contributed by atoms with E-state index in [2.05, 4.69) is 12.2 Å². The lowest BCUT2D eigenvalue weighted by Gasteiger charge is -2.28. The molecule has 3 heteroatoms. The summed E-state index contributed by atoms with van der Waals surface area (Å²) in [5.41, 5.74) is 5.50. The first-order valence-electron chi connectivity index (χ1n) is 5.67. The molecule has 1 fully saturated rings. The number of carbonyl (C=O) groups excluding carboxylic acids is 1. The number of rotatable bonds is 3. The van der Waals surface area contributed by atoms with E-state index in [-0.39, 0.29) is 18.0 Å². The van der Waals surface area contributed by atoms with Crippen molar-refractivity contribution in [3.8, 4) is 0 Å². The van der Waals surface area contributed by atoms with Crippen LogP contribution < -0.4 is 11.1 Å². The molecule has 1 saturated carbocycles. The van der Waals surface area contributed by atoms with Gasteiger partial charge in [0.2, 0.25) is 5.91 Å². The molecule has 3 N–H and O–H groups in total. The molecule has 0 aromatic rings. The van der Waals surface area contributed by atoms with Crippen molar-refractivity contribution in [2.24, 2.45) is 11.7 Å². The van der Waals surface area contributed by atoms with Gasteiger partial charge in [-0.2, -0.15) is 0 Å². The fourth-order valence-corrected chi connectivity index (χ4v) is 2.11. The van der Waals surface area contributed by atoms with Crippen molar-refractivity contribution in [1.29, 1.82) is 0 Å². The number of amides is 1. The van der Waals surface area contributed by atoms with Crippen molar-refractivity contribution < 1.29 is 4.79 Å². The van der Waals surface area contributed by atoms with E-state index in [1.807, 2.05) is 0 Å². The Bertz CT molecular complexity index is 186. The molecule has 14 heavy (non-hydrogen) atoms. The summed E-state index contributed by atoms with van der Waals surface area (Å²) >= 11 is 0. The summed E-state index contributed by atoms with van der Waals surface area (Å²) in [7, 11) is 0. The van der Waals surface area contributed by atoms with Gasteiger partial charge in [-0.05, 0) is 32.6 Å². The third-order valence-corrected chi connectivity index (χ3v) is 3.14. The highest BCUT2D eigenvalue weighted by molar-refractivity contribution is 5.81. The molecular formula is C11H22N2O. The Hall–Kier alpha value is -0.570. The monoisotopic (exact) mass is 198 g/mol. The van der Waals surface area contributed by atoms with Gasteiger partial charge < -0.3 is 11.1 Å². The number of nitrogens with two attached hydrogens (primary N) is 1. The molecule has 0 bridgehead atoms. The second kappa shape index (κ2) is 5.35. The summed E-state index contributed by atoms with van der Waals surface area (Å²) in [6, 6.07) is -0.102. The van der Waals surface area contributed by atoms with E-state index in [1.165, 1.54) is 32.1 Å². The normalized spacial score (nSPS) is 22.8. The van der Waals surface area contributed by atoms with Crippen molar-refractivity contribution in [3.63, 3.8) is 0 Å². The van der Waals surface area contributed by atoms with Crippen molar-refractivity contribution in [2.45, 2.75) is 58.0 Å². The highest BCUT2D eigenvalue weighted by Gasteiger charge is 2.22. The molecule has 0 radical (unpaired) electrons. The van der Waals surface area contributed by atoms with E-state index in [1.54, 1.807) is 6.92 Å². The van der Waals surface area contributed by atoms with Gasteiger partial charge in [-0.15, -0.1) is 0 Å². The van der Waals surface area contributed by atoms with Crippen molar-refractivity contribution >= 4 is 5.91 Å². The van der Waals surface area contributed by atoms with Crippen LogP contribution in [0.3, 0.4) is 0 Å². The van der Waals surface area contributed by atoms with Crippen LogP contribution in [-0.4, -0.2) is 18.0 Å². The van der Waals surface area contributed by atoms with Crippen LogP contribution in [-0.2, 0) is 4.79 Å². The molecular weight excluding hydrogens is 176 g/mol. The maximum absolute atomic E-state index is 11.4. The summed E-state index contributed by atoms with van der Waals surface area (Å²) in [6.07, 6.45) is 6.47. The fraction of sp³-hybridized carbons (Fsp3) is 0.909. The number of hydrogen-bond acceptors (Lipinski definition) is 2. The van der Waals surface area contributed by atoms with E-state index in [0.717, 1.165) is 0 Å². The molecule has 1 aliphatic rings. The molecule has 0 spiro atoms. The zero-order chi connectivity index (χ0) is 10.6. The van der Waals surface area contributed by atoms with Gasteiger partial charge in [0, 0.05) is 6.04 Å². The molecule has 0 aromatic carbocycles. The summed E-state index contributed by atoms with van der Waals surface area (Å²) in [6.45, 7) is 3.82. The lowest BCUT2D eigenvalue weighted by molar-refractivity contribution is -0.123. The van der Waals surface area contributed by atoms with Gasteiger partial charge >= 0.3 is 0 Å². The quantitative estimate of drug-likeness (QED) is 0.720. The second-order valence-corrected chi connectivity index (χ2v) is 4.48. The van der Waals surface area contributed by atoms with E-state index in [4.69, 9.17) is 5.73 Å². The van der Waals surface area contributed by atoms with Crippen LogP contribution in [0.2, 0.25) is 0 Å². The smallest absolute Gasteiger partial charge is 0.236 e. The lowest BCUT2D eigenvalue weighted by Crippen LogP contribution is -2.45. The third-order valence-electron chi connectivity index (χ3n) is 3.14. The SMILES string of the molecule is C[C@H](NC(=O)[C@@H](C)N)C1CCCCC1. The largest absolute Gasteiger partial charge is 0.352 e. The van der Waals surface area contributed by atoms with Crippen molar-refractivity contribution in [3.05, 3.63) is 0 Å². The predicted octanol–water partition coefficient (Wildman–Crippen LogP) is 1.42. The number of carbonyl (C=O) groups is 1. The first-order chi connectivity index (χ1) is 6.61. The second-order valence-electron chi connectivity index (χ2n) is 4.48. The molecule has 0 saturated heterocycles. The average molecular weight is 198 g/mol. The molecule has 0 aliphatic heterocycles. The Morgan fingerprint density at radius 2 is 1.86 bits per heavy atom. The Morgan fingerprint density at radius 3 is 2.36 bits per heavy atom. The highest BCUT2D eigenvalue weighted by Crippen LogP contribution is 2.26. The molecule has 2 atom stereocenters. The molecule has 0 heterocycles. The Balaban J connectivity index is 2.32. The van der Waals surface area contributed by atoms with Gasteiger partial charge in [0.25, 0.3) is 0 Å². The molecule has 0 aromatic heterocycles. The van der Waals surface area contributed by atoms with Crippen LogP contribution in [0.5, 0.6) is 0 Å². The fourth-order valence-electron chi connectivity index (χ4n) is 2.11. The highest BCUT2D eigenvalue weighted by atomic mass is 16.2. The topological polar surface area (TPSA) is 55.1 Å². The van der Waals surface area contributed by atoms with Gasteiger partial charge in [0.05, 0.1) is 6.04 Å². The zero-order valence-electron chi connectivity index (χ0n) is 9.25. The van der Waals surface area contributed by atoms with Crippen LogP contribution in [0.4, 0.5) is 0 Å². The first kappa shape index (κ1) is 11.5. The van der Waals surface area contributed by atoms with Gasteiger partial charge in [-0.1, -0.05) is 19.3 Å². The molecule has 82 valence electrons. The van der Waals surface area contributed by atoms with Crippen LogP contribution in [0.15, 0.2) is 0 Å². The van der Waals surface area contributed by atoms with Crippen LogP contribution >= 0.6 is 0 Å². The number of nitrogens with one attached hydrogen (secondary N) is 1. The Labute approximate surface area is 86.4 Å². The van der Waals surface area contributed by atoms with Crippen molar-refractivity contribution in [2.75, 3.05) is 0 Å². The lowest BCUT2D eigenvalue weighted by atomic mass is 9.84. The van der Waals surface area contributed by atoms with E-state index in [9.17, 15) is 4.79 Å². The molecule has 3 nitrogen and oxygen atoms in total. The minimum atomic E-state index is -0.388. The Kier molecular flexibility index (Phi) is 4.39. The summed E-state index contributed by atoms with van der Waals surface area (Å²) in [5, 5.41) is 2.99. The molecule has 1 amide bonds. The standard InChI is InChI=1S/C11H22N2O/c1-8(12)11(14)13-9(2)10-6-4-3-5-7-10/h8-10H,3-7,12H2,1-2H3,(H,13,14)/t8-,9+/m1/s1. The van der Waals surface area contributed by atoms with Crippen LogP contribution in [0.1, 0.15) is 46.0 Å². The Morgan fingerprint density at radius 1 is 1.29 bits per heavy atom. The van der Waals surface area contributed by atoms with E-state index < -0.39 is 0 Å². The zero-order valence-corrected chi connectivity index (χ0v) is 9.25. The molecule has 1 rings (SSSR count). The van der Waals surface area contributed by atoms with Gasteiger partial charge in [0.1, 0.15) is 0 Å². The van der Waals surface area contributed by atoms with Crippen molar-refractivity contribution in [1.82, 2.24) is 5.32 Å². The van der Waals surface area contributed by atoms with Crippen LogP contribution in [0, 0.1) is 5.92 Å². The molecule has 1 aliphatic carbocycles. The first-order valence-corrected chi connectivity index (χ1v) is 5.67. The summed E-state index contributed by atoms with van der Waals surface area (Å²) < 4.78 is 0. The minimum Gasteiger partial charge on any atom is -0.352 e. The minimum absolute atomic E-state index is 0.0249. The van der Waals surface area contributed by atoms with E-state index in [0.29, 0.717) is 5.92 Å². The van der Waals surface area contributed by atoms with Crippen LogP contribution in [0.25, 0.3) is 0 Å². The van der Waals surface area contributed by atoms with Gasteiger partial charge in [0.15, 0.2) is 0 Å². The third kappa shape index (κ3) is 3.29. The molecule has 0 unspecified atom stereocenters. The van der Waals surface area contributed by atoms with Gasteiger partial charge in [-0.3, -0.25) is 4.79 Å².